The van der Waals surface area contributed by atoms with Crippen LogP contribution >= 0.6 is 22.6 Å². The summed E-state index contributed by atoms with van der Waals surface area (Å²) in [6.45, 7) is -0.784. The van der Waals surface area contributed by atoms with Crippen molar-refractivity contribution in [2.24, 2.45) is 0 Å². The Morgan fingerprint density at radius 2 is 2.12 bits per heavy atom. The van der Waals surface area contributed by atoms with E-state index in [0.717, 1.165) is 3.57 Å². The average molecular weight is 366 g/mol. The van der Waals surface area contributed by atoms with Gasteiger partial charge in [0.05, 0.1) is 29.7 Å². The number of hydrogen-bond acceptors (Lipinski definition) is 2. The molecule has 3 nitrogen and oxygen atoms in total. The Labute approximate surface area is 109 Å². The Balaban J connectivity index is 2.36. The predicted octanol–water partition coefficient (Wildman–Crippen LogP) is 2.93. The van der Waals surface area contributed by atoms with Gasteiger partial charge in [-0.1, -0.05) is 0 Å². The molecule has 1 aromatic rings. The number of aromatic nitrogens is 2. The minimum Gasteiger partial charge on any atom is -0.375 e. The molecule has 0 bridgehead atoms. The van der Waals surface area contributed by atoms with Crippen LogP contribution in [0.1, 0.15) is 12.1 Å². The Bertz CT molecular complexity index is 353. The zero-order valence-electron chi connectivity index (χ0n) is 8.81. The first-order valence-corrected chi connectivity index (χ1v) is 5.92. The molecule has 0 spiro atoms. The second-order valence-electron chi connectivity index (χ2n) is 3.29. The van der Waals surface area contributed by atoms with Crippen molar-refractivity contribution in [2.75, 3.05) is 13.3 Å². The van der Waals surface area contributed by atoms with Crippen LogP contribution in [0.15, 0.2) is 6.20 Å². The number of hydrogen-bond donors (Lipinski definition) is 0. The van der Waals surface area contributed by atoms with E-state index in [2.05, 4.69) is 5.10 Å². The van der Waals surface area contributed by atoms with E-state index in [9.17, 15) is 17.6 Å². The summed E-state index contributed by atoms with van der Waals surface area (Å²) in [7, 11) is 0. The summed E-state index contributed by atoms with van der Waals surface area (Å²) in [5.41, 5.74) is 0.529. The van der Waals surface area contributed by atoms with Gasteiger partial charge in [0.2, 0.25) is 0 Å². The highest BCUT2D eigenvalue weighted by Crippen LogP contribution is 2.19. The van der Waals surface area contributed by atoms with Crippen LogP contribution in [0.2, 0.25) is 0 Å². The largest absolute Gasteiger partial charge is 0.391 e. The quantitative estimate of drug-likeness (QED) is 0.440. The Kier molecular flexibility index (Phi) is 5.63. The fourth-order valence-corrected chi connectivity index (χ4v) is 1.68. The van der Waals surface area contributed by atoms with Gasteiger partial charge in [-0.2, -0.15) is 18.3 Å². The lowest BCUT2D eigenvalue weighted by atomic mass is 10.4. The monoisotopic (exact) mass is 366 g/mol. The predicted molar refractivity (Wildman–Crippen MR) is 61.2 cm³/mol. The lowest BCUT2D eigenvalue weighted by Crippen LogP contribution is -2.11. The first-order valence-electron chi connectivity index (χ1n) is 4.84. The summed E-state index contributed by atoms with van der Waals surface area (Å²) >= 11 is 1.98. The SMILES string of the molecule is FCCn1cc(I)c(COCCC(F)(F)F)n1. The molecule has 1 aromatic heterocycles. The summed E-state index contributed by atoms with van der Waals surface area (Å²) in [6.07, 6.45) is -3.56. The maximum atomic E-state index is 12.0. The van der Waals surface area contributed by atoms with Gasteiger partial charge in [-0.3, -0.25) is 4.68 Å². The minimum absolute atomic E-state index is 0.00758. The zero-order valence-corrected chi connectivity index (χ0v) is 11.0. The molecule has 0 aliphatic carbocycles. The van der Waals surface area contributed by atoms with Crippen molar-refractivity contribution in [1.82, 2.24) is 9.78 Å². The molecule has 0 aliphatic heterocycles. The van der Waals surface area contributed by atoms with Gasteiger partial charge in [-0.05, 0) is 22.6 Å². The molecule has 0 amide bonds. The first-order chi connectivity index (χ1) is 7.92. The second kappa shape index (κ2) is 6.53. The third-order valence-corrected chi connectivity index (χ3v) is 2.77. The average Bonchev–Trinajstić information content (AvgIpc) is 2.53. The van der Waals surface area contributed by atoms with Gasteiger partial charge in [-0.15, -0.1) is 0 Å². The van der Waals surface area contributed by atoms with Crippen LogP contribution in [0.4, 0.5) is 17.6 Å². The third kappa shape index (κ3) is 5.66. The van der Waals surface area contributed by atoms with Gasteiger partial charge in [0, 0.05) is 6.20 Å². The number of aryl methyl sites for hydroxylation is 1. The van der Waals surface area contributed by atoms with Crippen LogP contribution in [-0.4, -0.2) is 29.2 Å². The number of alkyl halides is 4. The topological polar surface area (TPSA) is 27.1 Å². The normalized spacial score (nSPS) is 12.1. The molecular weight excluding hydrogens is 355 g/mol. The number of halogens is 5. The van der Waals surface area contributed by atoms with E-state index in [-0.39, 0.29) is 13.2 Å². The molecule has 0 aromatic carbocycles. The summed E-state index contributed by atoms with van der Waals surface area (Å²) in [5.74, 6) is 0. The lowest BCUT2D eigenvalue weighted by molar-refractivity contribution is -0.146. The molecule has 8 heteroatoms. The number of ether oxygens (including phenoxy) is 1. The van der Waals surface area contributed by atoms with Gasteiger partial charge in [0.25, 0.3) is 0 Å². The highest BCUT2D eigenvalue weighted by molar-refractivity contribution is 14.1. The Morgan fingerprint density at radius 3 is 2.71 bits per heavy atom. The maximum Gasteiger partial charge on any atom is 0.391 e. The van der Waals surface area contributed by atoms with E-state index >= 15 is 0 Å². The zero-order chi connectivity index (χ0) is 12.9. The Hall–Kier alpha value is -0.380. The second-order valence-corrected chi connectivity index (χ2v) is 4.46. The molecule has 0 aliphatic rings. The molecule has 0 atom stereocenters. The van der Waals surface area contributed by atoms with E-state index in [1.54, 1.807) is 6.20 Å². The number of rotatable bonds is 6. The van der Waals surface area contributed by atoms with Crippen molar-refractivity contribution < 1.29 is 22.3 Å². The molecule has 0 N–H and O–H groups in total. The maximum absolute atomic E-state index is 12.0. The van der Waals surface area contributed by atoms with E-state index in [1.165, 1.54) is 4.68 Å². The van der Waals surface area contributed by atoms with Crippen molar-refractivity contribution in [3.8, 4) is 0 Å². The molecule has 98 valence electrons. The molecule has 0 saturated heterocycles. The summed E-state index contributed by atoms with van der Waals surface area (Å²) in [4.78, 5) is 0. The molecule has 0 radical (unpaired) electrons. The molecule has 0 unspecified atom stereocenters. The van der Waals surface area contributed by atoms with Gasteiger partial charge < -0.3 is 4.74 Å². The van der Waals surface area contributed by atoms with Crippen LogP contribution < -0.4 is 0 Å². The fraction of sp³-hybridized carbons (Fsp3) is 0.667. The fourth-order valence-electron chi connectivity index (χ4n) is 1.09. The van der Waals surface area contributed by atoms with Crippen LogP contribution in [0.5, 0.6) is 0 Å². The molecule has 17 heavy (non-hydrogen) atoms. The smallest absolute Gasteiger partial charge is 0.375 e. The number of nitrogens with zero attached hydrogens (tertiary/aromatic N) is 2. The van der Waals surface area contributed by atoms with Crippen LogP contribution in [0.25, 0.3) is 0 Å². The molecule has 0 saturated carbocycles. The van der Waals surface area contributed by atoms with Gasteiger partial charge in [0.15, 0.2) is 0 Å². The highest BCUT2D eigenvalue weighted by Gasteiger charge is 2.26. The molecule has 1 heterocycles. The van der Waals surface area contributed by atoms with Crippen molar-refractivity contribution in [2.45, 2.75) is 25.7 Å². The summed E-state index contributed by atoms with van der Waals surface area (Å²) in [6, 6.07) is 0. The molecular formula is C9H11F4IN2O. The van der Waals surface area contributed by atoms with Gasteiger partial charge in [-0.25, -0.2) is 4.39 Å². The lowest BCUT2D eigenvalue weighted by Gasteiger charge is -2.06. The highest BCUT2D eigenvalue weighted by atomic mass is 127. The minimum atomic E-state index is -4.21. The van der Waals surface area contributed by atoms with E-state index in [0.29, 0.717) is 5.69 Å². The standard InChI is InChI=1S/C9H11F4IN2O/c10-2-3-16-5-7(14)8(15-16)6-17-4-1-9(11,12)13/h5H,1-4,6H2. The van der Waals surface area contributed by atoms with E-state index in [4.69, 9.17) is 4.74 Å². The van der Waals surface area contributed by atoms with Crippen LogP contribution in [0.3, 0.4) is 0 Å². The van der Waals surface area contributed by atoms with Crippen LogP contribution in [-0.2, 0) is 17.9 Å². The van der Waals surface area contributed by atoms with Crippen molar-refractivity contribution in [3.63, 3.8) is 0 Å². The van der Waals surface area contributed by atoms with Gasteiger partial charge in [0.1, 0.15) is 12.4 Å². The van der Waals surface area contributed by atoms with E-state index in [1.807, 2.05) is 22.6 Å². The van der Waals surface area contributed by atoms with Crippen molar-refractivity contribution >= 4 is 22.6 Å². The molecule has 0 fully saturated rings. The van der Waals surface area contributed by atoms with Crippen molar-refractivity contribution in [3.05, 3.63) is 15.5 Å². The van der Waals surface area contributed by atoms with Crippen LogP contribution in [0, 0.1) is 3.57 Å². The third-order valence-electron chi connectivity index (χ3n) is 1.87. The van der Waals surface area contributed by atoms with Crippen molar-refractivity contribution in [1.29, 1.82) is 0 Å². The first kappa shape index (κ1) is 14.7. The summed E-state index contributed by atoms with van der Waals surface area (Å²) in [5, 5.41) is 4.00. The Morgan fingerprint density at radius 1 is 1.41 bits per heavy atom. The van der Waals surface area contributed by atoms with E-state index < -0.39 is 25.9 Å². The molecule has 1 rings (SSSR count). The summed E-state index contributed by atoms with van der Waals surface area (Å²) < 4.78 is 54.5. The van der Waals surface area contributed by atoms with Gasteiger partial charge >= 0.3 is 6.18 Å².